The standard InChI is InChI=1S/C38H43F2N3O4S/c1-5-10-43(11-6-2)38(47)30-13-24(3)12-29(19-30)37(46)42-33(18-27-16-31(39)20-32(40)17-27)34(45)22-41-21-26-8-7-9-28(15-26)35-14-25(4)36(23-44)48-35/h7-9,12-17,19-20,23,33-34,41,45H,5-6,10-11,18,21-22H2,1-4H3,(H,42,46)/t33-,34+/m0/s1. The lowest BCUT2D eigenvalue weighted by molar-refractivity contribution is 0.0755. The van der Waals surface area contributed by atoms with Gasteiger partial charge in [0.25, 0.3) is 11.8 Å². The van der Waals surface area contributed by atoms with Crippen LogP contribution in [0.1, 0.15) is 79.3 Å². The first-order valence-corrected chi connectivity index (χ1v) is 17.0. The fourth-order valence-electron chi connectivity index (χ4n) is 5.69. The highest BCUT2D eigenvalue weighted by Crippen LogP contribution is 2.30. The molecular formula is C38H43F2N3O4S. The van der Waals surface area contributed by atoms with Gasteiger partial charge in [-0.1, -0.05) is 32.0 Å². The second-order valence-corrected chi connectivity index (χ2v) is 13.2. The molecule has 4 rings (SSSR count). The molecule has 0 saturated carbocycles. The number of hydrogen-bond donors (Lipinski definition) is 3. The molecule has 7 nitrogen and oxygen atoms in total. The Bertz CT molecular complexity index is 1710. The molecular weight excluding hydrogens is 632 g/mol. The molecule has 2 amide bonds. The summed E-state index contributed by atoms with van der Waals surface area (Å²) < 4.78 is 28.2. The van der Waals surface area contributed by atoms with Crippen LogP contribution in [-0.2, 0) is 13.0 Å². The van der Waals surface area contributed by atoms with Crippen molar-refractivity contribution in [1.82, 2.24) is 15.5 Å². The Labute approximate surface area is 285 Å². The normalized spacial score (nSPS) is 12.4. The van der Waals surface area contributed by atoms with E-state index >= 15 is 0 Å². The van der Waals surface area contributed by atoms with Gasteiger partial charge in [-0.15, -0.1) is 11.3 Å². The number of carbonyl (C=O) groups is 3. The topological polar surface area (TPSA) is 98.7 Å². The van der Waals surface area contributed by atoms with Gasteiger partial charge in [0.2, 0.25) is 0 Å². The fourth-order valence-corrected chi connectivity index (χ4v) is 6.67. The van der Waals surface area contributed by atoms with Gasteiger partial charge in [0.15, 0.2) is 6.29 Å². The number of halogens is 2. The van der Waals surface area contributed by atoms with E-state index in [2.05, 4.69) is 10.6 Å². The SMILES string of the molecule is CCCN(CCC)C(=O)c1cc(C)cc(C(=O)N[C@@H](Cc2cc(F)cc(F)c2)[C@H](O)CNCc2cccc(-c3cc(C)c(C=O)s3)c2)c1. The maximum absolute atomic E-state index is 14.1. The first-order valence-electron chi connectivity index (χ1n) is 16.2. The van der Waals surface area contributed by atoms with Crippen molar-refractivity contribution >= 4 is 29.4 Å². The predicted molar refractivity (Wildman–Crippen MR) is 187 cm³/mol. The number of aldehydes is 1. The quantitative estimate of drug-likeness (QED) is 0.113. The number of thiophene rings is 1. The number of nitrogens with one attached hydrogen (secondary N) is 2. The molecule has 4 aromatic rings. The zero-order chi connectivity index (χ0) is 34.8. The molecule has 3 aromatic carbocycles. The molecule has 0 bridgehead atoms. The van der Waals surface area contributed by atoms with Gasteiger partial charge in [0.05, 0.1) is 17.0 Å². The molecule has 3 N–H and O–H groups in total. The Kier molecular flexibility index (Phi) is 13.1. The monoisotopic (exact) mass is 675 g/mol. The van der Waals surface area contributed by atoms with E-state index in [9.17, 15) is 28.3 Å². The van der Waals surface area contributed by atoms with Crippen LogP contribution in [0.25, 0.3) is 10.4 Å². The molecule has 0 aliphatic heterocycles. The molecule has 0 aliphatic carbocycles. The van der Waals surface area contributed by atoms with E-state index in [-0.39, 0.29) is 30.0 Å². The van der Waals surface area contributed by atoms with Crippen molar-refractivity contribution in [3.63, 3.8) is 0 Å². The average Bonchev–Trinajstić information content (AvgIpc) is 3.43. The first kappa shape index (κ1) is 36.6. The molecule has 2 atom stereocenters. The smallest absolute Gasteiger partial charge is 0.253 e. The van der Waals surface area contributed by atoms with Crippen LogP contribution in [0, 0.1) is 25.5 Å². The molecule has 10 heteroatoms. The van der Waals surface area contributed by atoms with Gasteiger partial charge >= 0.3 is 0 Å². The van der Waals surface area contributed by atoms with E-state index in [1.807, 2.05) is 51.1 Å². The molecule has 1 aromatic heterocycles. The van der Waals surface area contributed by atoms with Crippen LogP contribution in [0.2, 0.25) is 0 Å². The highest BCUT2D eigenvalue weighted by molar-refractivity contribution is 7.17. The number of carbonyl (C=O) groups excluding carboxylic acids is 3. The zero-order valence-corrected chi connectivity index (χ0v) is 28.6. The van der Waals surface area contributed by atoms with Gasteiger partial charge in [0, 0.05) is 48.2 Å². The molecule has 1 heterocycles. The third-order valence-electron chi connectivity index (χ3n) is 7.98. The van der Waals surface area contributed by atoms with Gasteiger partial charge in [-0.2, -0.15) is 0 Å². The van der Waals surface area contributed by atoms with E-state index in [1.54, 1.807) is 30.0 Å². The summed E-state index contributed by atoms with van der Waals surface area (Å²) >= 11 is 1.43. The third kappa shape index (κ3) is 9.88. The maximum Gasteiger partial charge on any atom is 0.253 e. The summed E-state index contributed by atoms with van der Waals surface area (Å²) in [6.07, 6.45) is 1.31. The minimum atomic E-state index is -1.13. The molecule has 0 saturated heterocycles. The van der Waals surface area contributed by atoms with Crippen LogP contribution in [0.4, 0.5) is 8.78 Å². The Morgan fingerprint density at radius 3 is 2.25 bits per heavy atom. The second kappa shape index (κ2) is 17.2. The summed E-state index contributed by atoms with van der Waals surface area (Å²) in [5.74, 6) is -2.18. The second-order valence-electron chi connectivity index (χ2n) is 12.1. The van der Waals surface area contributed by atoms with Crippen molar-refractivity contribution in [2.75, 3.05) is 19.6 Å². The Morgan fingerprint density at radius 1 is 0.917 bits per heavy atom. The molecule has 48 heavy (non-hydrogen) atoms. The minimum Gasteiger partial charge on any atom is -0.390 e. The minimum absolute atomic E-state index is 0.0338. The van der Waals surface area contributed by atoms with Crippen molar-refractivity contribution < 1.29 is 28.3 Å². The number of amides is 2. The van der Waals surface area contributed by atoms with Crippen LogP contribution in [0.3, 0.4) is 0 Å². The molecule has 254 valence electrons. The van der Waals surface area contributed by atoms with Crippen LogP contribution >= 0.6 is 11.3 Å². The van der Waals surface area contributed by atoms with Crippen molar-refractivity contribution in [2.24, 2.45) is 0 Å². The maximum atomic E-state index is 14.1. The highest BCUT2D eigenvalue weighted by atomic mass is 32.1. The van der Waals surface area contributed by atoms with Gasteiger partial charge in [-0.25, -0.2) is 8.78 Å². The Morgan fingerprint density at radius 2 is 1.60 bits per heavy atom. The van der Waals surface area contributed by atoms with Crippen LogP contribution in [-0.4, -0.2) is 59.9 Å². The van der Waals surface area contributed by atoms with E-state index in [1.165, 1.54) is 23.5 Å². The number of benzene rings is 3. The largest absolute Gasteiger partial charge is 0.390 e. The van der Waals surface area contributed by atoms with Gasteiger partial charge in [0.1, 0.15) is 11.6 Å². The predicted octanol–water partition coefficient (Wildman–Crippen LogP) is 6.88. The lowest BCUT2D eigenvalue weighted by Gasteiger charge is -2.25. The number of hydrogen-bond acceptors (Lipinski definition) is 6. The third-order valence-corrected chi connectivity index (χ3v) is 9.19. The van der Waals surface area contributed by atoms with Crippen LogP contribution in [0.5, 0.6) is 0 Å². The highest BCUT2D eigenvalue weighted by Gasteiger charge is 2.24. The number of aliphatic hydroxyl groups is 1. The molecule has 0 radical (unpaired) electrons. The zero-order valence-electron chi connectivity index (χ0n) is 27.8. The summed E-state index contributed by atoms with van der Waals surface area (Å²) in [7, 11) is 0. The summed E-state index contributed by atoms with van der Waals surface area (Å²) in [6.45, 7) is 9.39. The molecule has 0 fully saturated rings. The molecule has 0 aliphatic rings. The number of aryl methyl sites for hydroxylation is 2. The van der Waals surface area contributed by atoms with Crippen LogP contribution < -0.4 is 10.6 Å². The summed E-state index contributed by atoms with van der Waals surface area (Å²) in [6, 6.07) is 17.0. The van der Waals surface area contributed by atoms with Crippen molar-refractivity contribution in [2.45, 2.75) is 65.6 Å². The van der Waals surface area contributed by atoms with E-state index in [0.29, 0.717) is 30.1 Å². The Hall–Kier alpha value is -4.25. The summed E-state index contributed by atoms with van der Waals surface area (Å²) in [4.78, 5) is 41.7. The van der Waals surface area contributed by atoms with Crippen molar-refractivity contribution in [3.8, 4) is 10.4 Å². The summed E-state index contributed by atoms with van der Waals surface area (Å²) in [5.41, 5.74) is 4.50. The number of rotatable bonds is 16. The van der Waals surface area contributed by atoms with E-state index in [4.69, 9.17) is 0 Å². The summed E-state index contributed by atoms with van der Waals surface area (Å²) in [5, 5.41) is 17.4. The van der Waals surface area contributed by atoms with Crippen molar-refractivity contribution in [1.29, 1.82) is 0 Å². The van der Waals surface area contributed by atoms with E-state index < -0.39 is 29.7 Å². The molecule has 0 spiro atoms. The first-order chi connectivity index (χ1) is 23.0. The fraction of sp³-hybridized carbons (Fsp3) is 0.342. The Balaban J connectivity index is 1.51. The molecule has 0 unspecified atom stereocenters. The lowest BCUT2D eigenvalue weighted by Crippen LogP contribution is -2.48. The number of aliphatic hydroxyl groups excluding tert-OH is 1. The number of nitrogens with zero attached hydrogens (tertiary/aromatic N) is 1. The van der Waals surface area contributed by atoms with Crippen molar-refractivity contribution in [3.05, 3.63) is 117 Å². The van der Waals surface area contributed by atoms with Crippen LogP contribution in [0.15, 0.2) is 66.7 Å². The lowest BCUT2D eigenvalue weighted by atomic mass is 9.99. The van der Waals surface area contributed by atoms with Gasteiger partial charge < -0.3 is 20.6 Å². The van der Waals surface area contributed by atoms with Gasteiger partial charge in [-0.05, 0) is 103 Å². The van der Waals surface area contributed by atoms with E-state index in [0.717, 1.165) is 52.3 Å². The average molecular weight is 676 g/mol. The van der Waals surface area contributed by atoms with Gasteiger partial charge in [-0.3, -0.25) is 14.4 Å².